The summed E-state index contributed by atoms with van der Waals surface area (Å²) in [6, 6.07) is 3.59. The smallest absolute Gasteiger partial charge is 0.315 e. The minimum atomic E-state index is -0.901. The molecule has 0 spiro atoms. The van der Waals surface area contributed by atoms with E-state index in [0.29, 0.717) is 30.9 Å². The Morgan fingerprint density at radius 1 is 1.36 bits per heavy atom. The third-order valence-electron chi connectivity index (χ3n) is 5.28. The van der Waals surface area contributed by atoms with Gasteiger partial charge in [-0.2, -0.15) is 0 Å². The molecule has 5 nitrogen and oxygen atoms in total. The van der Waals surface area contributed by atoms with E-state index in [1.54, 1.807) is 19.9 Å². The first-order valence-corrected chi connectivity index (χ1v) is 10.2. The fourth-order valence-corrected chi connectivity index (χ4v) is 3.63. The van der Waals surface area contributed by atoms with E-state index < -0.39 is 5.41 Å². The molecule has 0 aromatic heterocycles. The molecule has 156 valence electrons. The molecule has 28 heavy (non-hydrogen) atoms. The Morgan fingerprint density at radius 3 is 2.68 bits per heavy atom. The lowest BCUT2D eigenvalue weighted by Crippen LogP contribution is -2.32. The molecule has 0 radical (unpaired) electrons. The van der Waals surface area contributed by atoms with Gasteiger partial charge in [-0.25, -0.2) is 0 Å². The highest BCUT2D eigenvalue weighted by atomic mass is 16.5. The van der Waals surface area contributed by atoms with Crippen LogP contribution < -0.4 is 10.5 Å². The van der Waals surface area contributed by atoms with Gasteiger partial charge in [-0.15, -0.1) is 0 Å². The highest BCUT2D eigenvalue weighted by molar-refractivity contribution is 5.82. The summed E-state index contributed by atoms with van der Waals surface area (Å²) in [5.41, 5.74) is 7.44. The number of aromatic hydroxyl groups is 1. The van der Waals surface area contributed by atoms with Gasteiger partial charge < -0.3 is 20.3 Å². The quantitative estimate of drug-likeness (QED) is 0.387. The number of phenols is 1. The van der Waals surface area contributed by atoms with Crippen molar-refractivity contribution >= 4 is 5.97 Å². The molecule has 1 aromatic carbocycles. The summed E-state index contributed by atoms with van der Waals surface area (Å²) < 4.78 is 11.5. The van der Waals surface area contributed by atoms with E-state index in [9.17, 15) is 9.90 Å². The van der Waals surface area contributed by atoms with Gasteiger partial charge in [0, 0.05) is 5.56 Å². The Labute approximate surface area is 168 Å². The highest BCUT2D eigenvalue weighted by Gasteiger charge is 2.34. The Morgan fingerprint density at radius 2 is 2.07 bits per heavy atom. The fourth-order valence-electron chi connectivity index (χ4n) is 3.63. The van der Waals surface area contributed by atoms with E-state index in [0.717, 1.165) is 24.8 Å². The van der Waals surface area contributed by atoms with E-state index in [-0.39, 0.29) is 23.7 Å². The number of rotatable bonds is 8. The molecule has 0 saturated heterocycles. The van der Waals surface area contributed by atoms with Crippen LogP contribution in [0.1, 0.15) is 77.3 Å². The number of carbonyl (C=O) groups is 1. The van der Waals surface area contributed by atoms with Crippen LogP contribution in [-0.4, -0.2) is 30.3 Å². The predicted octanol–water partition coefficient (Wildman–Crippen LogP) is 4.56. The van der Waals surface area contributed by atoms with Gasteiger partial charge >= 0.3 is 5.97 Å². The first-order chi connectivity index (χ1) is 13.2. The number of hydrogen-bond acceptors (Lipinski definition) is 5. The van der Waals surface area contributed by atoms with Crippen LogP contribution in [0.2, 0.25) is 0 Å². The second-order valence-corrected chi connectivity index (χ2v) is 8.51. The standard InChI is InChI=1S/C23H35NO4/c1-15(2)28-20-14-18(23(4,5)22(26)27-11-7-10-24)13-19(25)21(20)17-9-6-8-16(3)12-17/h8,13-15,17,25H,6-7,9-12,24H2,1-5H3. The second kappa shape index (κ2) is 9.46. The van der Waals surface area contributed by atoms with E-state index in [4.69, 9.17) is 15.2 Å². The van der Waals surface area contributed by atoms with Crippen molar-refractivity contribution in [3.05, 3.63) is 34.9 Å². The zero-order chi connectivity index (χ0) is 20.9. The van der Waals surface area contributed by atoms with E-state index in [1.165, 1.54) is 5.57 Å². The number of carbonyl (C=O) groups excluding carboxylic acids is 1. The molecule has 1 unspecified atom stereocenters. The van der Waals surface area contributed by atoms with Gasteiger partial charge in [-0.3, -0.25) is 4.79 Å². The maximum Gasteiger partial charge on any atom is 0.315 e. The molecule has 0 bridgehead atoms. The number of allylic oxidation sites excluding steroid dienone is 2. The molecule has 2 rings (SSSR count). The van der Waals surface area contributed by atoms with Crippen LogP contribution >= 0.6 is 0 Å². The van der Waals surface area contributed by atoms with Crippen molar-refractivity contribution in [2.75, 3.05) is 13.2 Å². The first kappa shape index (κ1) is 22.3. The van der Waals surface area contributed by atoms with E-state index in [2.05, 4.69) is 13.0 Å². The molecule has 3 N–H and O–H groups in total. The average molecular weight is 390 g/mol. The number of esters is 1. The lowest BCUT2D eigenvalue weighted by Gasteiger charge is -2.29. The summed E-state index contributed by atoms with van der Waals surface area (Å²) in [5.74, 6) is 0.732. The van der Waals surface area contributed by atoms with Gasteiger partial charge in [0.15, 0.2) is 0 Å². The Balaban J connectivity index is 2.40. The molecule has 0 aliphatic heterocycles. The molecule has 1 aliphatic carbocycles. The Bertz CT molecular complexity index is 722. The average Bonchev–Trinajstić information content (AvgIpc) is 2.60. The number of hydrogen-bond donors (Lipinski definition) is 2. The van der Waals surface area contributed by atoms with Crippen molar-refractivity contribution in [2.24, 2.45) is 5.73 Å². The number of ether oxygens (including phenoxy) is 2. The third-order valence-corrected chi connectivity index (χ3v) is 5.28. The lowest BCUT2D eigenvalue weighted by molar-refractivity contribution is -0.149. The number of nitrogens with two attached hydrogens (primary N) is 1. The van der Waals surface area contributed by atoms with Gasteiger partial charge in [0.2, 0.25) is 0 Å². The number of benzene rings is 1. The minimum Gasteiger partial charge on any atom is -0.508 e. The van der Waals surface area contributed by atoms with E-state index >= 15 is 0 Å². The zero-order valence-corrected chi connectivity index (χ0v) is 17.9. The largest absolute Gasteiger partial charge is 0.508 e. The van der Waals surface area contributed by atoms with Crippen LogP contribution in [0.4, 0.5) is 0 Å². The van der Waals surface area contributed by atoms with Crippen LogP contribution in [-0.2, 0) is 14.9 Å². The van der Waals surface area contributed by atoms with Crippen molar-refractivity contribution in [1.82, 2.24) is 0 Å². The van der Waals surface area contributed by atoms with Crippen molar-refractivity contribution < 1.29 is 19.4 Å². The molecule has 0 saturated carbocycles. The lowest BCUT2D eigenvalue weighted by atomic mass is 9.79. The molecule has 1 aliphatic rings. The van der Waals surface area contributed by atoms with Gasteiger partial charge in [0.25, 0.3) is 0 Å². The summed E-state index contributed by atoms with van der Waals surface area (Å²) in [6.07, 6.45) is 5.73. The monoisotopic (exact) mass is 389 g/mol. The molecule has 0 heterocycles. The van der Waals surface area contributed by atoms with Crippen molar-refractivity contribution in [3.8, 4) is 11.5 Å². The highest BCUT2D eigenvalue weighted by Crippen LogP contribution is 2.45. The Kier molecular flexibility index (Phi) is 7.53. The normalized spacial score (nSPS) is 17.4. The van der Waals surface area contributed by atoms with Crippen LogP contribution in [0, 0.1) is 0 Å². The molecule has 0 amide bonds. The molecular formula is C23H35NO4. The van der Waals surface area contributed by atoms with Crippen molar-refractivity contribution in [1.29, 1.82) is 0 Å². The summed E-state index contributed by atoms with van der Waals surface area (Å²) in [4.78, 5) is 12.6. The SMILES string of the molecule is CC1=CCCC(c2c(O)cc(C(C)(C)C(=O)OCCCN)cc2OC(C)C)C1. The fraction of sp³-hybridized carbons (Fsp3) is 0.609. The van der Waals surface area contributed by atoms with Crippen LogP contribution in [0.15, 0.2) is 23.8 Å². The summed E-state index contributed by atoms with van der Waals surface area (Å²) in [5, 5.41) is 10.9. The van der Waals surface area contributed by atoms with Crippen molar-refractivity contribution in [3.63, 3.8) is 0 Å². The van der Waals surface area contributed by atoms with E-state index in [1.807, 2.05) is 19.9 Å². The zero-order valence-electron chi connectivity index (χ0n) is 17.9. The van der Waals surface area contributed by atoms with Crippen LogP contribution in [0.3, 0.4) is 0 Å². The minimum absolute atomic E-state index is 0.0340. The molecular weight excluding hydrogens is 354 g/mol. The first-order valence-electron chi connectivity index (χ1n) is 10.2. The molecule has 0 fully saturated rings. The van der Waals surface area contributed by atoms with Crippen LogP contribution in [0.5, 0.6) is 11.5 Å². The maximum absolute atomic E-state index is 12.6. The topological polar surface area (TPSA) is 81.8 Å². The van der Waals surface area contributed by atoms with Gasteiger partial charge in [0.05, 0.1) is 18.1 Å². The molecule has 1 aromatic rings. The second-order valence-electron chi connectivity index (χ2n) is 8.51. The Hall–Kier alpha value is -2.01. The summed E-state index contributed by atoms with van der Waals surface area (Å²) in [7, 11) is 0. The van der Waals surface area contributed by atoms with Gasteiger partial charge in [0.1, 0.15) is 11.5 Å². The number of phenolic OH excluding ortho intramolecular Hbond substituents is 1. The molecule has 5 heteroatoms. The molecule has 1 atom stereocenters. The predicted molar refractivity (Wildman–Crippen MR) is 112 cm³/mol. The summed E-state index contributed by atoms with van der Waals surface area (Å²) >= 11 is 0. The van der Waals surface area contributed by atoms with Gasteiger partial charge in [-0.05, 0) is 90.5 Å². The van der Waals surface area contributed by atoms with Gasteiger partial charge in [-0.1, -0.05) is 11.6 Å². The maximum atomic E-state index is 12.6. The third kappa shape index (κ3) is 5.28. The van der Waals surface area contributed by atoms with Crippen LogP contribution in [0.25, 0.3) is 0 Å². The summed E-state index contributed by atoms with van der Waals surface area (Å²) in [6.45, 7) is 10.4. The van der Waals surface area contributed by atoms with Crippen molar-refractivity contribution in [2.45, 2.75) is 77.7 Å².